The summed E-state index contributed by atoms with van der Waals surface area (Å²) in [4.78, 5) is 19.1. The topological polar surface area (TPSA) is 62.5 Å². The van der Waals surface area contributed by atoms with Crippen LogP contribution in [0.15, 0.2) is 42.6 Å². The van der Waals surface area contributed by atoms with E-state index < -0.39 is 0 Å². The van der Waals surface area contributed by atoms with E-state index in [1.54, 1.807) is 35.0 Å². The maximum Gasteiger partial charge on any atom is 0.258 e. The molecule has 0 saturated carbocycles. The predicted molar refractivity (Wildman–Crippen MR) is 103 cm³/mol. The molecule has 0 aliphatic carbocycles. The van der Waals surface area contributed by atoms with E-state index in [9.17, 15) is 4.79 Å². The van der Waals surface area contributed by atoms with Gasteiger partial charge in [0.25, 0.3) is 5.91 Å². The SMILES string of the molecule is CC1CCN(c2ccc3nc(NC(=O)c4ccccc4Cl)cn3n2)CC1. The normalized spacial score (nSPS) is 15.4. The number of rotatable bonds is 3. The van der Waals surface area contributed by atoms with E-state index in [1.807, 2.05) is 12.1 Å². The van der Waals surface area contributed by atoms with E-state index in [1.165, 1.54) is 12.8 Å². The molecule has 1 aliphatic rings. The molecule has 2 aromatic heterocycles. The Hall–Kier alpha value is -2.60. The van der Waals surface area contributed by atoms with Gasteiger partial charge in [0.2, 0.25) is 0 Å². The highest BCUT2D eigenvalue weighted by Crippen LogP contribution is 2.22. The fraction of sp³-hybridized carbons (Fsp3) is 0.316. The summed E-state index contributed by atoms with van der Waals surface area (Å²) < 4.78 is 1.70. The second-order valence-corrected chi connectivity index (χ2v) is 7.13. The van der Waals surface area contributed by atoms with Crippen molar-refractivity contribution in [1.82, 2.24) is 14.6 Å². The van der Waals surface area contributed by atoms with Gasteiger partial charge in [0.15, 0.2) is 11.5 Å². The summed E-state index contributed by atoms with van der Waals surface area (Å²) >= 11 is 6.08. The number of fused-ring (bicyclic) bond motifs is 1. The van der Waals surface area contributed by atoms with Crippen LogP contribution in [0.25, 0.3) is 5.65 Å². The van der Waals surface area contributed by atoms with Crippen LogP contribution in [0.3, 0.4) is 0 Å². The van der Waals surface area contributed by atoms with Crippen LogP contribution < -0.4 is 10.2 Å². The second-order valence-electron chi connectivity index (χ2n) is 6.72. The lowest BCUT2D eigenvalue weighted by atomic mass is 9.99. The van der Waals surface area contributed by atoms with Gasteiger partial charge < -0.3 is 10.2 Å². The van der Waals surface area contributed by atoms with E-state index in [4.69, 9.17) is 11.6 Å². The van der Waals surface area contributed by atoms with Gasteiger partial charge in [-0.3, -0.25) is 4.79 Å². The minimum Gasteiger partial charge on any atom is -0.355 e. The van der Waals surface area contributed by atoms with Crippen molar-refractivity contribution in [3.8, 4) is 0 Å². The van der Waals surface area contributed by atoms with Crippen molar-refractivity contribution < 1.29 is 4.79 Å². The molecule has 134 valence electrons. The third kappa shape index (κ3) is 3.37. The van der Waals surface area contributed by atoms with Crippen LogP contribution in [0.2, 0.25) is 5.02 Å². The first kappa shape index (κ1) is 16.8. The van der Waals surface area contributed by atoms with E-state index >= 15 is 0 Å². The maximum absolute atomic E-state index is 12.4. The predicted octanol–water partition coefficient (Wildman–Crippen LogP) is 3.87. The first-order valence-electron chi connectivity index (χ1n) is 8.77. The molecular weight excluding hydrogens is 350 g/mol. The van der Waals surface area contributed by atoms with Crippen LogP contribution in [-0.4, -0.2) is 33.6 Å². The number of benzene rings is 1. The molecule has 1 fully saturated rings. The Labute approximate surface area is 156 Å². The van der Waals surface area contributed by atoms with Gasteiger partial charge in [-0.1, -0.05) is 30.7 Å². The fourth-order valence-electron chi connectivity index (χ4n) is 3.17. The lowest BCUT2D eigenvalue weighted by Crippen LogP contribution is -2.33. The zero-order chi connectivity index (χ0) is 18.1. The summed E-state index contributed by atoms with van der Waals surface area (Å²) in [6.07, 6.45) is 4.09. The van der Waals surface area contributed by atoms with Crippen molar-refractivity contribution in [3.63, 3.8) is 0 Å². The summed E-state index contributed by atoms with van der Waals surface area (Å²) in [5, 5.41) is 7.84. The lowest BCUT2D eigenvalue weighted by Gasteiger charge is -2.30. The molecule has 7 heteroatoms. The molecule has 1 aliphatic heterocycles. The Balaban J connectivity index is 1.54. The van der Waals surface area contributed by atoms with Gasteiger partial charge in [0.1, 0.15) is 5.82 Å². The standard InChI is InChI=1S/C19H20ClN5O/c1-13-8-10-24(11-9-13)18-7-6-17-21-16(12-25(17)23-18)22-19(26)14-4-2-3-5-15(14)20/h2-7,12-13H,8-11H2,1H3,(H,22,26). The second kappa shape index (κ2) is 6.96. The first-order chi connectivity index (χ1) is 12.6. The number of hydrogen-bond acceptors (Lipinski definition) is 4. The number of nitrogens with zero attached hydrogens (tertiary/aromatic N) is 4. The van der Waals surface area contributed by atoms with E-state index in [-0.39, 0.29) is 5.91 Å². The van der Waals surface area contributed by atoms with Crippen LogP contribution in [0.4, 0.5) is 11.6 Å². The summed E-state index contributed by atoms with van der Waals surface area (Å²) in [6, 6.07) is 10.8. The fourth-order valence-corrected chi connectivity index (χ4v) is 3.39. The molecule has 1 amide bonds. The van der Waals surface area contributed by atoms with Crippen molar-refractivity contribution in [2.75, 3.05) is 23.3 Å². The van der Waals surface area contributed by atoms with E-state index in [0.717, 1.165) is 24.8 Å². The molecule has 0 radical (unpaired) electrons. The van der Waals surface area contributed by atoms with Crippen molar-refractivity contribution in [3.05, 3.63) is 53.2 Å². The quantitative estimate of drug-likeness (QED) is 0.761. The highest BCUT2D eigenvalue weighted by Gasteiger charge is 2.18. The minimum absolute atomic E-state index is 0.288. The molecule has 4 rings (SSSR count). The van der Waals surface area contributed by atoms with Crippen molar-refractivity contribution in [2.45, 2.75) is 19.8 Å². The molecule has 1 N–H and O–H groups in total. The highest BCUT2D eigenvalue weighted by molar-refractivity contribution is 6.34. The molecule has 6 nitrogen and oxygen atoms in total. The number of aromatic nitrogens is 3. The summed E-state index contributed by atoms with van der Waals surface area (Å²) in [5.41, 5.74) is 1.11. The third-order valence-electron chi connectivity index (χ3n) is 4.77. The summed E-state index contributed by atoms with van der Waals surface area (Å²) in [6.45, 7) is 4.33. The lowest BCUT2D eigenvalue weighted by molar-refractivity contribution is 0.102. The minimum atomic E-state index is -0.288. The molecule has 3 aromatic rings. The van der Waals surface area contributed by atoms with Crippen LogP contribution in [0.5, 0.6) is 0 Å². The number of anilines is 2. The largest absolute Gasteiger partial charge is 0.355 e. The molecule has 0 spiro atoms. The number of halogens is 1. The number of imidazole rings is 1. The molecule has 0 bridgehead atoms. The average molecular weight is 370 g/mol. The summed E-state index contributed by atoms with van der Waals surface area (Å²) in [7, 11) is 0. The van der Waals surface area contributed by atoms with Crippen molar-refractivity contribution in [1.29, 1.82) is 0 Å². The van der Waals surface area contributed by atoms with Gasteiger partial charge in [0, 0.05) is 13.1 Å². The van der Waals surface area contributed by atoms with Crippen LogP contribution in [0.1, 0.15) is 30.1 Å². The Morgan fingerprint density at radius 2 is 1.96 bits per heavy atom. The Morgan fingerprint density at radius 1 is 1.19 bits per heavy atom. The first-order valence-corrected chi connectivity index (χ1v) is 9.15. The Bertz CT molecular complexity index is 946. The molecule has 3 heterocycles. The maximum atomic E-state index is 12.4. The van der Waals surface area contributed by atoms with Crippen LogP contribution in [-0.2, 0) is 0 Å². The zero-order valence-electron chi connectivity index (χ0n) is 14.5. The Morgan fingerprint density at radius 3 is 2.73 bits per heavy atom. The monoisotopic (exact) mass is 369 g/mol. The molecule has 0 atom stereocenters. The third-order valence-corrected chi connectivity index (χ3v) is 5.10. The van der Waals surface area contributed by atoms with Crippen molar-refractivity contribution in [2.24, 2.45) is 5.92 Å². The Kier molecular flexibility index (Phi) is 4.51. The molecule has 26 heavy (non-hydrogen) atoms. The highest BCUT2D eigenvalue weighted by atomic mass is 35.5. The van der Waals surface area contributed by atoms with Crippen molar-refractivity contribution >= 4 is 34.8 Å². The number of carbonyl (C=O) groups is 1. The number of piperidine rings is 1. The van der Waals surface area contributed by atoms with Gasteiger partial charge in [-0.15, -0.1) is 5.10 Å². The zero-order valence-corrected chi connectivity index (χ0v) is 15.3. The van der Waals surface area contributed by atoms with Gasteiger partial charge in [-0.25, -0.2) is 9.50 Å². The molecule has 0 unspecified atom stereocenters. The number of nitrogens with one attached hydrogen (secondary N) is 1. The number of amides is 1. The van der Waals surface area contributed by atoms with Gasteiger partial charge >= 0.3 is 0 Å². The molecular formula is C19H20ClN5O. The molecule has 1 aromatic carbocycles. The van der Waals surface area contributed by atoms with E-state index in [0.29, 0.717) is 22.1 Å². The summed E-state index contributed by atoms with van der Waals surface area (Å²) in [5.74, 6) is 1.87. The van der Waals surface area contributed by atoms with Gasteiger partial charge in [-0.2, -0.15) is 0 Å². The van der Waals surface area contributed by atoms with Crippen LogP contribution in [0, 0.1) is 5.92 Å². The van der Waals surface area contributed by atoms with Gasteiger partial charge in [-0.05, 0) is 43.0 Å². The van der Waals surface area contributed by atoms with E-state index in [2.05, 4.69) is 27.2 Å². The smallest absolute Gasteiger partial charge is 0.258 e. The number of carbonyl (C=O) groups excluding carboxylic acids is 1. The van der Waals surface area contributed by atoms with Crippen LogP contribution >= 0.6 is 11.6 Å². The van der Waals surface area contributed by atoms with Gasteiger partial charge in [0.05, 0.1) is 16.8 Å². The number of hydrogen-bond donors (Lipinski definition) is 1. The molecule has 1 saturated heterocycles. The average Bonchev–Trinajstić information content (AvgIpc) is 3.04.